The van der Waals surface area contributed by atoms with Gasteiger partial charge in [0.15, 0.2) is 0 Å². The fourth-order valence-electron chi connectivity index (χ4n) is 2.26. The maximum Gasteiger partial charge on any atom is 0.305 e. The molecule has 0 aliphatic heterocycles. The summed E-state index contributed by atoms with van der Waals surface area (Å²) in [5.74, 6) is -0.776. The van der Waals surface area contributed by atoms with E-state index < -0.39 is 16.4 Å². The molecule has 17 heavy (non-hydrogen) atoms. The molecule has 3 nitrogen and oxygen atoms in total. The molecule has 1 atom stereocenters. The van der Waals surface area contributed by atoms with Crippen LogP contribution >= 0.6 is 0 Å². The Morgan fingerprint density at radius 3 is 2.82 bits per heavy atom. The van der Waals surface area contributed by atoms with E-state index in [0.29, 0.717) is 0 Å². The smallest absolute Gasteiger partial charge is 0.258 e. The van der Waals surface area contributed by atoms with Gasteiger partial charge in [0, 0.05) is 11.5 Å². The van der Waals surface area contributed by atoms with Gasteiger partial charge in [0.25, 0.3) is 0 Å². The van der Waals surface area contributed by atoms with Gasteiger partial charge >= 0.3 is 5.69 Å². The summed E-state index contributed by atoms with van der Waals surface area (Å²) in [6.45, 7) is 2.03. The summed E-state index contributed by atoms with van der Waals surface area (Å²) >= 11 is 0. The fourth-order valence-corrected chi connectivity index (χ4v) is 2.26. The van der Waals surface area contributed by atoms with Crippen LogP contribution in [0.5, 0.6) is 0 Å². The summed E-state index contributed by atoms with van der Waals surface area (Å²) in [6, 6.07) is 4.17. The van der Waals surface area contributed by atoms with E-state index in [-0.39, 0.29) is 5.41 Å². The summed E-state index contributed by atoms with van der Waals surface area (Å²) in [7, 11) is 0. The highest BCUT2D eigenvalue weighted by atomic mass is 19.1. The number of halogens is 1. The first-order chi connectivity index (χ1) is 8.03. The lowest BCUT2D eigenvalue weighted by atomic mass is 9.75. The molecule has 1 aromatic rings. The number of allylic oxidation sites excluding steroid dienone is 2. The minimum absolute atomic E-state index is 0.212. The molecule has 0 saturated carbocycles. The lowest BCUT2D eigenvalue weighted by Crippen LogP contribution is -2.21. The zero-order chi connectivity index (χ0) is 12.5. The number of nitro benzene ring substituents is 1. The van der Waals surface area contributed by atoms with Crippen molar-refractivity contribution in [3.63, 3.8) is 0 Å². The van der Waals surface area contributed by atoms with E-state index in [1.165, 1.54) is 12.1 Å². The largest absolute Gasteiger partial charge is 0.305 e. The van der Waals surface area contributed by atoms with Gasteiger partial charge in [-0.1, -0.05) is 25.1 Å². The molecule has 2 rings (SSSR count). The van der Waals surface area contributed by atoms with Crippen molar-refractivity contribution in [3.8, 4) is 0 Å². The zero-order valence-corrected chi connectivity index (χ0v) is 9.65. The second-order valence-electron chi connectivity index (χ2n) is 4.64. The number of nitro groups is 1. The molecule has 0 spiro atoms. The highest BCUT2D eigenvalue weighted by Gasteiger charge is 2.27. The van der Waals surface area contributed by atoms with Gasteiger partial charge < -0.3 is 0 Å². The molecular weight excluding hydrogens is 221 g/mol. The Morgan fingerprint density at radius 1 is 1.47 bits per heavy atom. The van der Waals surface area contributed by atoms with Crippen LogP contribution in [0, 0.1) is 15.9 Å². The molecule has 0 fully saturated rings. The van der Waals surface area contributed by atoms with Gasteiger partial charge in [-0.05, 0) is 30.9 Å². The number of hydrogen-bond donors (Lipinski definition) is 0. The van der Waals surface area contributed by atoms with Crippen LogP contribution in [0.15, 0.2) is 30.4 Å². The van der Waals surface area contributed by atoms with E-state index in [2.05, 4.69) is 12.2 Å². The Hall–Kier alpha value is -1.71. The van der Waals surface area contributed by atoms with Gasteiger partial charge in [0.05, 0.1) is 4.92 Å². The van der Waals surface area contributed by atoms with Crippen LogP contribution in [-0.2, 0) is 5.41 Å². The predicted octanol–water partition coefficient (Wildman–Crippen LogP) is 3.73. The van der Waals surface area contributed by atoms with Crippen LogP contribution in [0.25, 0.3) is 0 Å². The molecule has 1 aliphatic rings. The third-order valence-corrected chi connectivity index (χ3v) is 3.35. The van der Waals surface area contributed by atoms with Crippen LogP contribution in [0.2, 0.25) is 0 Å². The average Bonchev–Trinajstić information content (AvgIpc) is 2.30. The van der Waals surface area contributed by atoms with Gasteiger partial charge in [-0.15, -0.1) is 0 Å². The Kier molecular flexibility index (Phi) is 2.96. The van der Waals surface area contributed by atoms with Crippen LogP contribution in [-0.4, -0.2) is 4.92 Å². The van der Waals surface area contributed by atoms with E-state index in [4.69, 9.17) is 0 Å². The molecule has 0 N–H and O–H groups in total. The molecule has 0 radical (unpaired) electrons. The molecule has 0 saturated heterocycles. The predicted molar refractivity (Wildman–Crippen MR) is 63.4 cm³/mol. The highest BCUT2D eigenvalue weighted by molar-refractivity contribution is 5.41. The SMILES string of the molecule is C[C@]1(c2ccc(F)c([N+](=O)[O-])c2)C=CCCC1. The third-order valence-electron chi connectivity index (χ3n) is 3.35. The Labute approximate surface area is 99.1 Å². The molecular formula is C13H14FNO2. The molecule has 4 heteroatoms. The molecule has 1 aromatic carbocycles. The van der Waals surface area contributed by atoms with Gasteiger partial charge in [-0.2, -0.15) is 4.39 Å². The third kappa shape index (κ3) is 2.20. The molecule has 0 amide bonds. The molecule has 0 aromatic heterocycles. The van der Waals surface area contributed by atoms with E-state index >= 15 is 0 Å². The first-order valence-corrected chi connectivity index (χ1v) is 5.65. The summed E-state index contributed by atoms with van der Waals surface area (Å²) in [6.07, 6.45) is 7.18. The Morgan fingerprint density at radius 2 is 2.24 bits per heavy atom. The molecule has 90 valence electrons. The molecule has 1 aliphatic carbocycles. The number of nitrogens with zero attached hydrogens (tertiary/aromatic N) is 1. The van der Waals surface area contributed by atoms with E-state index in [1.807, 2.05) is 6.92 Å². The first-order valence-electron chi connectivity index (χ1n) is 5.65. The summed E-state index contributed by atoms with van der Waals surface area (Å²) < 4.78 is 13.3. The van der Waals surface area contributed by atoms with Crippen LogP contribution in [0.3, 0.4) is 0 Å². The highest BCUT2D eigenvalue weighted by Crippen LogP contribution is 2.36. The normalized spacial score (nSPS) is 23.6. The average molecular weight is 235 g/mol. The van der Waals surface area contributed by atoms with Gasteiger partial charge in [-0.3, -0.25) is 10.1 Å². The van der Waals surface area contributed by atoms with Crippen LogP contribution in [0.1, 0.15) is 31.7 Å². The lowest BCUT2D eigenvalue weighted by Gasteiger charge is -2.29. The van der Waals surface area contributed by atoms with E-state index in [0.717, 1.165) is 24.8 Å². The zero-order valence-electron chi connectivity index (χ0n) is 9.65. The van der Waals surface area contributed by atoms with Crippen LogP contribution in [0.4, 0.5) is 10.1 Å². The van der Waals surface area contributed by atoms with E-state index in [9.17, 15) is 14.5 Å². The molecule has 0 unspecified atom stereocenters. The van der Waals surface area contributed by atoms with Gasteiger partial charge in [0.2, 0.25) is 5.82 Å². The van der Waals surface area contributed by atoms with Crippen molar-refractivity contribution in [1.82, 2.24) is 0 Å². The van der Waals surface area contributed by atoms with Crippen molar-refractivity contribution >= 4 is 5.69 Å². The van der Waals surface area contributed by atoms with Crippen molar-refractivity contribution in [3.05, 3.63) is 51.8 Å². The topological polar surface area (TPSA) is 43.1 Å². The van der Waals surface area contributed by atoms with Crippen molar-refractivity contribution in [2.75, 3.05) is 0 Å². The molecule has 0 bridgehead atoms. The number of rotatable bonds is 2. The minimum atomic E-state index is -0.776. The number of hydrogen-bond acceptors (Lipinski definition) is 2. The Bertz CT molecular complexity index is 484. The molecule has 0 heterocycles. The van der Waals surface area contributed by atoms with Crippen LogP contribution < -0.4 is 0 Å². The fraction of sp³-hybridized carbons (Fsp3) is 0.385. The van der Waals surface area contributed by atoms with Crippen molar-refractivity contribution in [1.29, 1.82) is 0 Å². The standard InChI is InChI=1S/C13H14FNO2/c1-13(7-3-2-4-8-13)10-5-6-11(14)12(9-10)15(16)17/h3,5-7,9H,2,4,8H2,1H3/t13-/m0/s1. The minimum Gasteiger partial charge on any atom is -0.258 e. The summed E-state index contributed by atoms with van der Waals surface area (Å²) in [4.78, 5) is 10.0. The summed E-state index contributed by atoms with van der Waals surface area (Å²) in [5, 5.41) is 10.7. The maximum atomic E-state index is 13.3. The van der Waals surface area contributed by atoms with Gasteiger partial charge in [0.1, 0.15) is 0 Å². The monoisotopic (exact) mass is 235 g/mol. The lowest BCUT2D eigenvalue weighted by molar-refractivity contribution is -0.387. The Balaban J connectivity index is 2.46. The quantitative estimate of drug-likeness (QED) is 0.445. The van der Waals surface area contributed by atoms with Crippen molar-refractivity contribution in [2.24, 2.45) is 0 Å². The summed E-state index contributed by atoms with van der Waals surface area (Å²) in [5.41, 5.74) is 0.153. The van der Waals surface area contributed by atoms with E-state index in [1.54, 1.807) is 6.07 Å². The maximum absolute atomic E-state index is 13.3. The second kappa shape index (κ2) is 4.28. The first kappa shape index (κ1) is 11.8. The van der Waals surface area contributed by atoms with Crippen molar-refractivity contribution < 1.29 is 9.31 Å². The second-order valence-corrected chi connectivity index (χ2v) is 4.64. The van der Waals surface area contributed by atoms with Crippen molar-refractivity contribution in [2.45, 2.75) is 31.6 Å². The van der Waals surface area contributed by atoms with Gasteiger partial charge in [-0.25, -0.2) is 0 Å². The number of benzene rings is 1.